The van der Waals surface area contributed by atoms with Crippen molar-refractivity contribution in [3.63, 3.8) is 0 Å². The summed E-state index contributed by atoms with van der Waals surface area (Å²) in [5.74, 6) is 0. The molecule has 0 N–H and O–H groups in total. The second kappa shape index (κ2) is 15.8. The molecule has 0 aliphatic rings. The van der Waals surface area contributed by atoms with Crippen molar-refractivity contribution in [1.82, 2.24) is 0 Å². The Morgan fingerprint density at radius 3 is 0.929 bits per heavy atom. The van der Waals surface area contributed by atoms with Gasteiger partial charge in [0.1, 0.15) is 0 Å². The standard InChI is InChI=1S/2C4H10P.CH3.2Au.HI/c2*1-5(2,3)4;;;;/h2*1-2H2,3-4H3;1H3;;;1H/q3*-1;+1;+3;/p-1. The van der Waals surface area contributed by atoms with Crippen LogP contribution in [0.4, 0.5) is 0 Å². The van der Waals surface area contributed by atoms with Gasteiger partial charge in [0.2, 0.25) is 0 Å². The maximum absolute atomic E-state index is 3.77. The van der Waals surface area contributed by atoms with E-state index in [0.717, 1.165) is 0 Å². The Kier molecular flexibility index (Phi) is 34.0. The van der Waals surface area contributed by atoms with Gasteiger partial charge in [0.05, 0.1) is 0 Å². The van der Waals surface area contributed by atoms with Gasteiger partial charge >= 0.3 is 58.7 Å². The molecule has 0 saturated carbocycles. The van der Waals surface area contributed by atoms with Gasteiger partial charge in [-0.3, -0.25) is 13.8 Å². The fourth-order valence-electron chi connectivity index (χ4n) is 0. The summed E-state index contributed by atoms with van der Waals surface area (Å²) in [6.07, 6.45) is 7.54. The summed E-state index contributed by atoms with van der Waals surface area (Å²) in [5.41, 5.74) is 0. The molecule has 0 nitrogen and oxygen atoms in total. The summed E-state index contributed by atoms with van der Waals surface area (Å²) in [7, 11) is 0. The van der Waals surface area contributed by atoms with E-state index >= 15 is 0 Å². The Balaban J connectivity index is -0.0000000292. The summed E-state index contributed by atoms with van der Waals surface area (Å²) in [6, 6.07) is 0. The molecule has 0 amide bonds. The van der Waals surface area contributed by atoms with Crippen molar-refractivity contribution in [2.24, 2.45) is 0 Å². The Hall–Kier alpha value is 2.81. The third-order valence-electron chi connectivity index (χ3n) is 0. The second-order valence-corrected chi connectivity index (χ2v) is 11.6. The topological polar surface area (TPSA) is 0 Å². The van der Waals surface area contributed by atoms with E-state index < -0.39 is 13.8 Å². The molecule has 0 unspecified atom stereocenters. The molecule has 98 valence electrons. The number of hydrogen-bond donors (Lipinski definition) is 0. The van der Waals surface area contributed by atoms with E-state index in [-0.39, 0.29) is 29.8 Å². The van der Waals surface area contributed by atoms with Crippen LogP contribution in [0.3, 0.4) is 0 Å². The van der Waals surface area contributed by atoms with E-state index in [2.05, 4.69) is 88.9 Å². The van der Waals surface area contributed by atoms with E-state index in [0.29, 0.717) is 0 Å². The first-order valence-electron chi connectivity index (χ1n) is 3.17. The summed E-state index contributed by atoms with van der Waals surface area (Å²) in [5, 5.41) is 0. The van der Waals surface area contributed by atoms with Crippen LogP contribution in [0.1, 0.15) is 0 Å². The third kappa shape index (κ3) is 358. The van der Waals surface area contributed by atoms with Gasteiger partial charge in [-0.2, -0.15) is 0 Å². The van der Waals surface area contributed by atoms with Crippen molar-refractivity contribution in [1.29, 1.82) is 0 Å². The van der Waals surface area contributed by atoms with Gasteiger partial charge in [0.25, 0.3) is 0 Å². The fraction of sp³-hybridized carbons (Fsp3) is 0.444. The normalized spacial score (nSPS) is 8.93. The predicted molar refractivity (Wildman–Crippen MR) is 82.9 cm³/mol. The molecule has 0 fully saturated rings. The van der Waals surface area contributed by atoms with E-state index in [9.17, 15) is 0 Å². The molecule has 0 aliphatic carbocycles. The first-order valence-corrected chi connectivity index (χ1v) is 15.4. The van der Waals surface area contributed by atoms with E-state index in [4.69, 9.17) is 0 Å². The third-order valence-corrected chi connectivity index (χ3v) is 0. The summed E-state index contributed by atoms with van der Waals surface area (Å²) in [4.78, 5) is 0. The molecule has 0 aliphatic heterocycles. The first kappa shape index (κ1) is 30.1. The zero-order valence-corrected chi connectivity index (χ0v) is 18.0. The van der Waals surface area contributed by atoms with Crippen molar-refractivity contribution in [2.45, 2.75) is 0 Å². The van der Waals surface area contributed by atoms with Gasteiger partial charge in [-0.1, -0.05) is 26.7 Å². The van der Waals surface area contributed by atoms with Crippen LogP contribution >= 0.6 is 32.8 Å². The molecular weight excluding hydrogens is 691 g/mol. The van der Waals surface area contributed by atoms with Crippen LogP contribution in [-0.2, 0) is 39.6 Å². The SMILES string of the molecule is C=P([CH2-])(C)C.C=P([CH2-])(C)C.[Au+3].[CH3-].[I][Au]. The molecule has 0 saturated heterocycles. The van der Waals surface area contributed by atoms with Gasteiger partial charge < -0.3 is 20.8 Å². The zero-order valence-electron chi connectivity index (χ0n) is 9.70. The quantitative estimate of drug-likeness (QED) is 0.152. The van der Waals surface area contributed by atoms with Crippen LogP contribution in [0.25, 0.3) is 0 Å². The maximum atomic E-state index is 3.77. The van der Waals surface area contributed by atoms with Gasteiger partial charge in [0.15, 0.2) is 0 Å². The Morgan fingerprint density at radius 1 is 0.929 bits per heavy atom. The molecule has 0 radical (unpaired) electrons. The summed E-state index contributed by atoms with van der Waals surface area (Å²) in [6.45, 7) is 14.1. The average molecular weight is 714 g/mol. The average Bonchev–Trinajstić information content (AvgIpc) is 1.59. The van der Waals surface area contributed by atoms with Crippen molar-refractivity contribution >= 4 is 45.4 Å². The Bertz CT molecular complexity index is 133. The van der Waals surface area contributed by atoms with E-state index in [1.54, 1.807) is 0 Å². The predicted octanol–water partition coefficient (Wildman–Crippen LogP) is 4.31. The van der Waals surface area contributed by atoms with Crippen molar-refractivity contribution in [2.75, 3.05) is 26.7 Å². The molecule has 0 aromatic heterocycles. The van der Waals surface area contributed by atoms with Crippen LogP contribution in [0.2, 0.25) is 0 Å². The Labute approximate surface area is 131 Å². The molecule has 0 spiro atoms. The van der Waals surface area contributed by atoms with Crippen molar-refractivity contribution in [3.05, 3.63) is 20.8 Å². The molecule has 14 heavy (non-hydrogen) atoms. The number of hydrogen-bond acceptors (Lipinski definition) is 0. The van der Waals surface area contributed by atoms with E-state index in [1.807, 2.05) is 0 Å². The number of halogens is 1. The Morgan fingerprint density at radius 2 is 0.929 bits per heavy atom. The molecule has 0 atom stereocenters. The minimum atomic E-state index is -0.889. The minimum absolute atomic E-state index is 0. The molecular formula is C9H23Au2IP2. The summed E-state index contributed by atoms with van der Waals surface area (Å²) >= 11 is 4.34. The van der Waals surface area contributed by atoms with Crippen LogP contribution in [0.15, 0.2) is 0 Å². The van der Waals surface area contributed by atoms with E-state index in [1.165, 1.54) is 0 Å². The van der Waals surface area contributed by atoms with Crippen molar-refractivity contribution < 1.29 is 39.6 Å². The van der Waals surface area contributed by atoms with Crippen LogP contribution in [0, 0.1) is 20.8 Å². The molecule has 0 aromatic rings. The molecule has 0 rings (SSSR count). The van der Waals surface area contributed by atoms with Crippen molar-refractivity contribution in [3.8, 4) is 0 Å². The molecule has 0 heterocycles. The second-order valence-electron chi connectivity index (χ2n) is 3.87. The van der Waals surface area contributed by atoms with Crippen LogP contribution < -0.4 is 0 Å². The monoisotopic (exact) mass is 714 g/mol. The summed E-state index contributed by atoms with van der Waals surface area (Å²) < 4.78 is 0. The first-order chi connectivity index (χ1) is 5.00. The number of rotatable bonds is 0. The molecule has 5 heteroatoms. The van der Waals surface area contributed by atoms with Gasteiger partial charge in [-0.15, -0.1) is 12.6 Å². The molecule has 0 aromatic carbocycles. The zero-order chi connectivity index (χ0) is 11.0. The molecule has 0 bridgehead atoms. The van der Waals surface area contributed by atoms with Crippen LogP contribution in [0.5, 0.6) is 0 Å². The van der Waals surface area contributed by atoms with Crippen LogP contribution in [-0.4, -0.2) is 39.3 Å². The van der Waals surface area contributed by atoms with Gasteiger partial charge in [-0.05, 0) is 0 Å². The van der Waals surface area contributed by atoms with Gasteiger partial charge in [-0.25, -0.2) is 0 Å². The fourth-order valence-corrected chi connectivity index (χ4v) is 0. The van der Waals surface area contributed by atoms with Gasteiger partial charge in [0, 0.05) is 0 Å².